The van der Waals surface area contributed by atoms with Crippen LogP contribution in [0.15, 0.2) is 18.2 Å². The van der Waals surface area contributed by atoms with E-state index >= 15 is 0 Å². The Balaban J connectivity index is 0.00000101. The summed E-state index contributed by atoms with van der Waals surface area (Å²) in [5.41, 5.74) is 0.430. The van der Waals surface area contributed by atoms with Gasteiger partial charge in [0.05, 0.1) is 51.9 Å². The molecule has 21 fully saturated rings. The molecular weight excluding hydrogens is 1420 g/mol. The first-order valence-corrected chi connectivity index (χ1v) is 33.4. The third-order valence-electron chi connectivity index (χ3n) is 18.7. The molecule has 21 aliphatic heterocycles. The average Bonchev–Trinajstić information content (AvgIpc) is 0.783. The van der Waals surface area contributed by atoms with E-state index in [-0.39, 0.29) is 52.9 Å². The highest BCUT2D eigenvalue weighted by atomic mass is 35.5. The van der Waals surface area contributed by atoms with Gasteiger partial charge in [-0.25, -0.2) is 4.98 Å². The topological polar surface area (TPSA) is 465 Å². The first-order valence-electron chi connectivity index (χ1n) is 33.1. The maximum atomic E-state index is 12.3. The molecule has 7 N–H and O–H groups in total. The lowest BCUT2D eigenvalue weighted by molar-refractivity contribution is -0.763. The van der Waals surface area contributed by atoms with Crippen LogP contribution in [0.5, 0.6) is 0 Å². The molecule has 0 aliphatic carbocycles. The normalized spacial score (nSPS) is 44.1. The molecule has 40 nitrogen and oxygen atoms in total. The number of methoxy groups -OCH3 is 14. The highest BCUT2D eigenvalue weighted by molar-refractivity contribution is 6.29. The van der Waals surface area contributed by atoms with Crippen LogP contribution in [0.1, 0.15) is 5.69 Å². The zero-order valence-electron chi connectivity index (χ0n) is 59.7. The molecule has 0 aromatic carbocycles. The summed E-state index contributed by atoms with van der Waals surface area (Å²) < 4.78 is 171. The smallest absolute Gasteiger partial charge is 0.294 e. The molecule has 22 heterocycles. The van der Waals surface area contributed by atoms with Crippen LogP contribution in [-0.2, 0) is 144 Å². The number of hydrogen-bond donors (Lipinski definition) is 7. The van der Waals surface area contributed by atoms with Gasteiger partial charge in [0.15, 0.2) is 44.0 Å². The van der Waals surface area contributed by atoms with E-state index in [0.717, 1.165) is 0 Å². The maximum absolute atomic E-state index is 12.3. The first kappa shape index (κ1) is 85.8. The Kier molecular flexibility index (Phi) is 34.4. The molecule has 0 spiro atoms. The van der Waals surface area contributed by atoms with Crippen molar-refractivity contribution in [3.05, 3.63) is 39.2 Å². The zero-order chi connectivity index (χ0) is 74.9. The lowest BCUT2D eigenvalue weighted by Gasteiger charge is -2.51. The number of nitrogens with zero attached hydrogens (tertiary/aromatic N) is 2. The van der Waals surface area contributed by atoms with Crippen molar-refractivity contribution in [1.29, 1.82) is 0 Å². The first-order chi connectivity index (χ1) is 49.6. The SMILES string of the molecule is COC[C@H]1O[C@@H]2O[C@H]3[C@H](O)[C@@H](OC)[C@@H](O[C@H]4[C@H](O)[C@@H](OC)C(O[C@H]5[C@H](O)[C@@H](OC)[C@@H](O[C@H]6[C@H](O)[C@@H](OC)[C@@H](O[C@H]7[C@H](O)[C@@H](OC)[C@@H](O[C@H]8[C@H](O)[C@H](OC)[C@@H](O[C@H]1[C@H](O)[C@@H]2OC)O[C@@H]8COC)O[C@@H]7COC)O[C@@H]6COC)O[C@@H]5COC)O[C@@H]4COC)O[C@@H]3COC.O=[N+]([O-])OCc1cccc(Cl)n1. The van der Waals surface area contributed by atoms with Gasteiger partial charge in [-0.05, 0) is 12.1 Å². The molecule has 1 aromatic heterocycles. The molecule has 1 unspecified atom stereocenters. The number of aliphatic hydroxyl groups excluding tert-OH is 7. The quantitative estimate of drug-likeness (QED) is 0.0291. The molecule has 35 atom stereocenters. The van der Waals surface area contributed by atoms with Crippen molar-refractivity contribution in [2.75, 3.05) is 146 Å². The number of halogens is 1. The van der Waals surface area contributed by atoms with Gasteiger partial charge in [0.1, 0.15) is 183 Å². The predicted octanol–water partition coefficient (Wildman–Crippen LogP) is -4.63. The Morgan fingerprint density at radius 2 is 0.524 bits per heavy atom. The van der Waals surface area contributed by atoms with Crippen LogP contribution < -0.4 is 0 Å². The summed E-state index contributed by atoms with van der Waals surface area (Å²) in [5.74, 6) is 0. The second-order valence-electron chi connectivity index (χ2n) is 25.0. The number of aliphatic hydroxyl groups is 7. The van der Waals surface area contributed by atoms with Gasteiger partial charge >= 0.3 is 0 Å². The summed E-state index contributed by atoms with van der Waals surface area (Å²) in [5, 5.41) is 95.4. The van der Waals surface area contributed by atoms with E-state index in [0.29, 0.717) is 10.8 Å². The summed E-state index contributed by atoms with van der Waals surface area (Å²) in [4.78, 5) is 17.6. The van der Waals surface area contributed by atoms with E-state index in [1.807, 2.05) is 0 Å². The van der Waals surface area contributed by atoms with Gasteiger partial charge in [0, 0.05) is 99.5 Å². The molecule has 1 aromatic rings. The fourth-order valence-corrected chi connectivity index (χ4v) is 14.0. The fraction of sp³-hybridized carbons (Fsp3) is 0.919. The van der Waals surface area contributed by atoms with Crippen molar-refractivity contribution in [3.8, 4) is 0 Å². The van der Waals surface area contributed by atoms with Crippen molar-refractivity contribution in [2.45, 2.75) is 222 Å². The van der Waals surface area contributed by atoms with Gasteiger partial charge in [-0.15, -0.1) is 10.1 Å². The van der Waals surface area contributed by atoms with Crippen molar-refractivity contribution in [2.24, 2.45) is 0 Å². The number of rotatable bonds is 24. The second kappa shape index (κ2) is 41.3. The molecule has 0 amide bonds. The number of ether oxygens (including phenoxy) is 28. The van der Waals surface area contributed by atoms with Gasteiger partial charge in [0.25, 0.3) is 5.09 Å². The van der Waals surface area contributed by atoms with E-state index in [1.165, 1.54) is 99.5 Å². The zero-order valence-corrected chi connectivity index (χ0v) is 60.4. The minimum atomic E-state index is -1.62. The monoisotopic (exact) mass is 1520 g/mol. The summed E-state index contributed by atoms with van der Waals surface area (Å²) in [6, 6.07) is 4.82. The lowest BCUT2D eigenvalue weighted by atomic mass is 9.95. The molecular formula is C62H103ClN2O38. The van der Waals surface area contributed by atoms with Crippen molar-refractivity contribution in [1.82, 2.24) is 4.98 Å². The number of hydrogen-bond acceptors (Lipinski definition) is 39. The van der Waals surface area contributed by atoms with Crippen molar-refractivity contribution in [3.63, 3.8) is 0 Å². The minimum Gasteiger partial charge on any atom is -0.387 e. The third kappa shape index (κ3) is 20.3. The Morgan fingerprint density at radius 1 is 0.340 bits per heavy atom. The third-order valence-corrected chi connectivity index (χ3v) is 18.9. The van der Waals surface area contributed by atoms with Crippen molar-refractivity contribution >= 4 is 11.6 Å². The molecule has 14 bridgehead atoms. The van der Waals surface area contributed by atoms with Crippen LogP contribution >= 0.6 is 11.6 Å². The molecule has 0 saturated carbocycles. The molecule has 22 rings (SSSR count). The molecule has 21 aliphatic rings. The van der Waals surface area contributed by atoms with Crippen LogP contribution in [0.4, 0.5) is 0 Å². The molecule has 41 heteroatoms. The van der Waals surface area contributed by atoms with Gasteiger partial charge in [-0.1, -0.05) is 17.7 Å². The van der Waals surface area contributed by atoms with Crippen LogP contribution in [0.25, 0.3) is 0 Å². The largest absolute Gasteiger partial charge is 0.387 e. The molecule has 103 heavy (non-hydrogen) atoms. The summed E-state index contributed by atoms with van der Waals surface area (Å²) >= 11 is 5.52. The highest BCUT2D eigenvalue weighted by Crippen LogP contribution is 2.41. The maximum Gasteiger partial charge on any atom is 0.294 e. The number of aromatic nitrogens is 1. The molecule has 0 radical (unpaired) electrons. The van der Waals surface area contributed by atoms with Crippen LogP contribution in [0.3, 0.4) is 0 Å². The van der Waals surface area contributed by atoms with E-state index in [1.54, 1.807) is 18.2 Å². The van der Waals surface area contributed by atoms with E-state index in [2.05, 4.69) is 9.82 Å². The Hall–Kier alpha value is -2.76. The standard InChI is InChI=1S/C56H98O35.C6H5ClN2O3/c1-64-15-22-36-29(57)43(71-8)50(78-22)86-37-23(16-65-2)80-52(45(73-10)30(37)58)88-39-25(18-67-4)82-54(47(75-12)32(39)60)90-41-27(20-69-6)84-56(49(77-14)34(41)62)91-42-28(21-70-7)83-55(48(76-13)35(42)63)89-40-26(19-68-5)81-53(46(74-11)33(40)61)87-38-24(17-66-3)79-51(85-36)44(72-9)31(38)59;7-6-3-1-2-5(8-6)4-12-9(10)11/h22-63H,15-21H2,1-14H3;1-3H,4H2/t22-,23-,24-,25-,26-,27-,28-,29+,30+,31+,32+,33+,34+,35+,36-,37-,38-,39-,40-,41-,42-,43-,44-,45-,46-,47-,48+,49+,50-,51?,52-,53-,54-,55-,56-;/m1./s1. The minimum absolute atomic E-state index is 0.173. The van der Waals surface area contributed by atoms with Gasteiger partial charge in [-0.3, -0.25) is 0 Å². The predicted molar refractivity (Wildman–Crippen MR) is 337 cm³/mol. The number of pyridine rings is 1. The second-order valence-corrected chi connectivity index (χ2v) is 25.4. The van der Waals surface area contributed by atoms with Crippen LogP contribution in [-0.4, -0.2) is 407 Å². The lowest BCUT2D eigenvalue weighted by Crippen LogP contribution is -2.69. The van der Waals surface area contributed by atoms with Crippen LogP contribution in [0, 0.1) is 10.1 Å². The highest BCUT2D eigenvalue weighted by Gasteiger charge is 2.61. The van der Waals surface area contributed by atoms with Crippen LogP contribution in [0.2, 0.25) is 5.15 Å². The van der Waals surface area contributed by atoms with Gasteiger partial charge in [0.2, 0.25) is 0 Å². The summed E-state index contributed by atoms with van der Waals surface area (Å²) in [6.45, 7) is -1.76. The Labute approximate surface area is 599 Å². The summed E-state index contributed by atoms with van der Waals surface area (Å²) in [6.07, 6.45) is -49.4. The molecule has 596 valence electrons. The fourth-order valence-electron chi connectivity index (χ4n) is 13.8. The Bertz CT molecular complexity index is 2210. The summed E-state index contributed by atoms with van der Waals surface area (Å²) in [7, 11) is 18.7. The van der Waals surface area contributed by atoms with Gasteiger partial charge < -0.3 is 173 Å². The van der Waals surface area contributed by atoms with E-state index in [4.69, 9.17) is 144 Å². The van der Waals surface area contributed by atoms with E-state index < -0.39 is 220 Å². The van der Waals surface area contributed by atoms with Gasteiger partial charge in [-0.2, -0.15) is 0 Å². The van der Waals surface area contributed by atoms with Crippen molar-refractivity contribution < 1.29 is 178 Å². The Morgan fingerprint density at radius 3 is 0.670 bits per heavy atom. The average molecular weight is 1520 g/mol. The molecule has 21 saturated heterocycles. The van der Waals surface area contributed by atoms with E-state index in [9.17, 15) is 45.9 Å².